The topological polar surface area (TPSA) is 113 Å². The molecule has 1 aromatic rings. The van der Waals surface area contributed by atoms with Crippen LogP contribution < -0.4 is 10.6 Å². The van der Waals surface area contributed by atoms with Crippen LogP contribution in [0.15, 0.2) is 18.6 Å². The third-order valence-corrected chi connectivity index (χ3v) is 7.66. The van der Waals surface area contributed by atoms with Gasteiger partial charge in [-0.05, 0) is 48.9 Å². The van der Waals surface area contributed by atoms with E-state index in [0.717, 1.165) is 25.7 Å². The molecule has 2 aliphatic rings. The molecule has 2 aliphatic carbocycles. The van der Waals surface area contributed by atoms with Crippen LogP contribution in [0.3, 0.4) is 0 Å². The van der Waals surface area contributed by atoms with Gasteiger partial charge in [-0.25, -0.2) is 4.98 Å². The third-order valence-electron chi connectivity index (χ3n) is 7.66. The van der Waals surface area contributed by atoms with Crippen molar-refractivity contribution in [3.63, 3.8) is 0 Å². The number of hydrogen-bond acceptors (Lipinski definition) is 6. The van der Waals surface area contributed by atoms with Crippen molar-refractivity contribution in [1.29, 1.82) is 0 Å². The van der Waals surface area contributed by atoms with Crippen molar-refractivity contribution < 1.29 is 19.4 Å². The van der Waals surface area contributed by atoms with E-state index in [1.165, 1.54) is 18.6 Å². The molecule has 2 amide bonds. The molecule has 2 saturated carbocycles. The Balaban J connectivity index is 1.70. The molecule has 8 nitrogen and oxygen atoms in total. The number of fused-ring (bicyclic) bond motifs is 1. The molecule has 2 fully saturated rings. The molecule has 8 heteroatoms. The van der Waals surface area contributed by atoms with Gasteiger partial charge in [0.1, 0.15) is 5.69 Å². The highest BCUT2D eigenvalue weighted by Gasteiger charge is 2.53. The first-order valence-corrected chi connectivity index (χ1v) is 11.3. The molecule has 0 spiro atoms. The van der Waals surface area contributed by atoms with Gasteiger partial charge in [0.2, 0.25) is 5.91 Å². The van der Waals surface area contributed by atoms with Crippen LogP contribution in [0.5, 0.6) is 0 Å². The number of aliphatic hydroxyl groups is 1. The summed E-state index contributed by atoms with van der Waals surface area (Å²) in [6, 6.07) is -0.0492. The number of aromatic nitrogens is 2. The molecule has 0 aromatic carbocycles. The van der Waals surface area contributed by atoms with Crippen molar-refractivity contribution in [2.45, 2.75) is 58.6 Å². The number of rotatable bonds is 7. The van der Waals surface area contributed by atoms with Crippen LogP contribution in [0.2, 0.25) is 0 Å². The Morgan fingerprint density at radius 1 is 1.32 bits per heavy atom. The first-order valence-electron chi connectivity index (χ1n) is 11.3. The summed E-state index contributed by atoms with van der Waals surface area (Å²) in [7, 11) is 1.60. The number of amides is 2. The van der Waals surface area contributed by atoms with Crippen molar-refractivity contribution in [3.8, 4) is 0 Å². The minimum atomic E-state index is -0.590. The smallest absolute Gasteiger partial charge is 0.271 e. The maximum atomic E-state index is 12.6. The maximum absolute atomic E-state index is 12.6. The lowest BCUT2D eigenvalue weighted by atomic mass is 9.51. The highest BCUT2D eigenvalue weighted by atomic mass is 16.5. The minimum absolute atomic E-state index is 0.00929. The summed E-state index contributed by atoms with van der Waals surface area (Å²) in [6.45, 7) is 7.20. The molecule has 0 bridgehead atoms. The predicted octanol–water partition coefficient (Wildman–Crippen LogP) is 1.80. The third kappa shape index (κ3) is 5.06. The van der Waals surface area contributed by atoms with Crippen molar-refractivity contribution in [3.05, 3.63) is 24.3 Å². The van der Waals surface area contributed by atoms with Crippen LogP contribution >= 0.6 is 0 Å². The Kier molecular flexibility index (Phi) is 7.64. The number of carbonyl (C=O) groups excluding carboxylic acids is 2. The SMILES string of the molecule is COCCNC(=O)[C@@H](C)[C@H]1CC[C@]2(C)CC[C@H](NC(=O)c3cnccn3)[C@H](C)[C@@H]2[C@H]1O. The number of nitrogens with zero attached hydrogens (tertiary/aromatic N) is 2. The molecular formula is C23H36N4O4. The number of nitrogens with one attached hydrogen (secondary N) is 2. The standard InChI is InChI=1S/C23H36N4O4/c1-14(21(29)26-11-12-31-4)16-5-7-23(3)8-6-17(15(2)19(23)20(16)28)27-22(30)18-13-24-9-10-25-18/h9-10,13-17,19-20,28H,5-8,11-12H2,1-4H3,(H,26,29)(H,27,30)/t14-,15-,16+,17-,19+,20-,23+/m0/s1. The van der Waals surface area contributed by atoms with E-state index in [4.69, 9.17) is 4.74 Å². The van der Waals surface area contributed by atoms with E-state index < -0.39 is 6.10 Å². The van der Waals surface area contributed by atoms with Gasteiger partial charge in [-0.15, -0.1) is 0 Å². The first-order chi connectivity index (χ1) is 14.8. The molecule has 0 radical (unpaired) electrons. The lowest BCUT2D eigenvalue weighted by Gasteiger charge is -2.56. The summed E-state index contributed by atoms with van der Waals surface area (Å²) in [6.07, 6.45) is 7.52. The van der Waals surface area contributed by atoms with Gasteiger partial charge in [-0.2, -0.15) is 0 Å². The molecule has 0 unspecified atom stereocenters. The van der Waals surface area contributed by atoms with E-state index in [9.17, 15) is 14.7 Å². The van der Waals surface area contributed by atoms with Crippen LogP contribution in [0.1, 0.15) is 56.9 Å². The Bertz CT molecular complexity index is 761. The minimum Gasteiger partial charge on any atom is -0.392 e. The summed E-state index contributed by atoms with van der Waals surface area (Å²) in [4.78, 5) is 33.3. The van der Waals surface area contributed by atoms with Gasteiger partial charge < -0.3 is 20.5 Å². The van der Waals surface area contributed by atoms with Crippen molar-refractivity contribution in [2.24, 2.45) is 29.1 Å². The molecule has 172 valence electrons. The molecule has 3 N–H and O–H groups in total. The Hall–Kier alpha value is -2.06. The van der Waals surface area contributed by atoms with Crippen LogP contribution in [0, 0.1) is 29.1 Å². The lowest BCUT2D eigenvalue weighted by Crippen LogP contribution is -2.58. The average Bonchev–Trinajstić information content (AvgIpc) is 2.76. The van der Waals surface area contributed by atoms with Crippen LogP contribution in [-0.4, -0.2) is 59.3 Å². The normalized spacial score (nSPS) is 33.8. The maximum Gasteiger partial charge on any atom is 0.271 e. The van der Waals surface area contributed by atoms with Gasteiger partial charge in [0.15, 0.2) is 0 Å². The van der Waals surface area contributed by atoms with Crippen LogP contribution in [0.4, 0.5) is 0 Å². The van der Waals surface area contributed by atoms with Crippen molar-refractivity contribution in [2.75, 3.05) is 20.3 Å². The van der Waals surface area contributed by atoms with E-state index >= 15 is 0 Å². The number of ether oxygens (including phenoxy) is 1. The van der Waals surface area contributed by atoms with Gasteiger partial charge in [0, 0.05) is 38.0 Å². The van der Waals surface area contributed by atoms with Crippen molar-refractivity contribution >= 4 is 11.8 Å². The van der Waals surface area contributed by atoms with E-state index in [2.05, 4.69) is 34.4 Å². The predicted molar refractivity (Wildman–Crippen MR) is 116 cm³/mol. The van der Waals surface area contributed by atoms with Gasteiger partial charge in [-0.3, -0.25) is 14.6 Å². The highest BCUT2D eigenvalue weighted by Crippen LogP contribution is 2.55. The summed E-state index contributed by atoms with van der Waals surface area (Å²) in [5.41, 5.74) is 0.307. The zero-order chi connectivity index (χ0) is 22.6. The fourth-order valence-corrected chi connectivity index (χ4v) is 5.79. The van der Waals surface area contributed by atoms with Gasteiger partial charge in [0.25, 0.3) is 5.91 Å². The Labute approximate surface area is 184 Å². The number of methoxy groups -OCH3 is 1. The molecule has 1 heterocycles. The lowest BCUT2D eigenvalue weighted by molar-refractivity contribution is -0.142. The first kappa shape index (κ1) is 23.6. The summed E-state index contributed by atoms with van der Waals surface area (Å²) < 4.78 is 5.00. The van der Waals surface area contributed by atoms with E-state index in [1.807, 2.05) is 6.92 Å². The fourth-order valence-electron chi connectivity index (χ4n) is 5.79. The van der Waals surface area contributed by atoms with E-state index in [0.29, 0.717) is 18.8 Å². The zero-order valence-corrected chi connectivity index (χ0v) is 19.0. The highest BCUT2D eigenvalue weighted by molar-refractivity contribution is 5.92. The molecular weight excluding hydrogens is 396 g/mol. The van der Waals surface area contributed by atoms with Gasteiger partial charge in [0.05, 0.1) is 18.9 Å². The van der Waals surface area contributed by atoms with Crippen molar-refractivity contribution in [1.82, 2.24) is 20.6 Å². The van der Waals surface area contributed by atoms with Crippen LogP contribution in [0.25, 0.3) is 0 Å². The molecule has 1 aromatic heterocycles. The van der Waals surface area contributed by atoms with Gasteiger partial charge >= 0.3 is 0 Å². The largest absolute Gasteiger partial charge is 0.392 e. The van der Waals surface area contributed by atoms with Crippen LogP contribution in [-0.2, 0) is 9.53 Å². The average molecular weight is 433 g/mol. The van der Waals surface area contributed by atoms with E-state index in [1.54, 1.807) is 7.11 Å². The number of carbonyl (C=O) groups is 2. The van der Waals surface area contributed by atoms with Gasteiger partial charge in [-0.1, -0.05) is 20.8 Å². The Morgan fingerprint density at radius 3 is 2.74 bits per heavy atom. The second kappa shape index (κ2) is 10.0. The number of hydrogen-bond donors (Lipinski definition) is 3. The monoisotopic (exact) mass is 432 g/mol. The molecule has 3 rings (SSSR count). The molecule has 0 aliphatic heterocycles. The second-order valence-corrected chi connectivity index (χ2v) is 9.51. The summed E-state index contributed by atoms with van der Waals surface area (Å²) >= 11 is 0. The second-order valence-electron chi connectivity index (χ2n) is 9.51. The quantitative estimate of drug-likeness (QED) is 0.566. The summed E-state index contributed by atoms with van der Waals surface area (Å²) in [5, 5.41) is 17.4. The van der Waals surface area contributed by atoms with E-state index in [-0.39, 0.29) is 46.9 Å². The zero-order valence-electron chi connectivity index (χ0n) is 19.0. The molecule has 31 heavy (non-hydrogen) atoms. The number of aliphatic hydroxyl groups excluding tert-OH is 1. The molecule has 7 atom stereocenters. The molecule has 0 saturated heterocycles. The fraction of sp³-hybridized carbons (Fsp3) is 0.739. The summed E-state index contributed by atoms with van der Waals surface area (Å²) in [5.74, 6) is -0.556. The Morgan fingerprint density at radius 2 is 2.06 bits per heavy atom.